The Morgan fingerprint density at radius 3 is 2.94 bits per heavy atom. The zero-order chi connectivity index (χ0) is 12.7. The van der Waals surface area contributed by atoms with Gasteiger partial charge in [-0.05, 0) is 32.6 Å². The fourth-order valence-corrected chi connectivity index (χ4v) is 1.63. The quantitative estimate of drug-likeness (QED) is 0.584. The van der Waals surface area contributed by atoms with Crippen molar-refractivity contribution in [2.45, 2.75) is 45.6 Å². The summed E-state index contributed by atoms with van der Waals surface area (Å²) in [5.74, 6) is -0.0199. The van der Waals surface area contributed by atoms with Crippen molar-refractivity contribution in [2.75, 3.05) is 5.32 Å². The number of hydrogen-bond acceptors (Lipinski definition) is 3. The predicted octanol–water partition coefficient (Wildman–Crippen LogP) is 3.33. The molecular weight excluding hydrogens is 217 g/mol. The fraction of sp³-hybridized carbons (Fsp3) is 0.538. The molecule has 1 N–H and O–H groups in total. The average molecular weight is 237 g/mol. The van der Waals surface area contributed by atoms with Crippen LogP contribution in [0.1, 0.15) is 38.8 Å². The number of hydrogen-bond donors (Lipinski definition) is 1. The highest BCUT2D eigenvalue weighted by Gasteiger charge is 2.11. The van der Waals surface area contributed by atoms with Gasteiger partial charge in [0.25, 0.3) is 0 Å². The summed E-state index contributed by atoms with van der Waals surface area (Å²) < 4.78 is 13.8. The molecule has 0 radical (unpaired) electrons. The van der Waals surface area contributed by atoms with Crippen LogP contribution in [0.3, 0.4) is 0 Å². The van der Waals surface area contributed by atoms with E-state index in [4.69, 9.17) is 0 Å². The van der Waals surface area contributed by atoms with Gasteiger partial charge in [-0.1, -0.05) is 13.0 Å². The van der Waals surface area contributed by atoms with Crippen molar-refractivity contribution in [3.8, 4) is 0 Å². The molecule has 3 nitrogen and oxygen atoms in total. The summed E-state index contributed by atoms with van der Waals surface area (Å²) in [6.45, 7) is 7.58. The maximum Gasteiger partial charge on any atom is 0.186 e. The molecule has 0 bridgehead atoms. The Hall–Kier alpha value is -1.45. The van der Waals surface area contributed by atoms with Crippen molar-refractivity contribution in [1.29, 1.82) is 0 Å². The smallest absolute Gasteiger partial charge is 0.186 e. The van der Waals surface area contributed by atoms with Gasteiger partial charge in [0, 0.05) is 6.04 Å². The van der Waals surface area contributed by atoms with E-state index in [-0.39, 0.29) is 11.9 Å². The number of allylic oxidation sites excluding steroid dienone is 1. The monoisotopic (exact) mass is 237 g/mol. The molecule has 0 aliphatic rings. The highest BCUT2D eigenvalue weighted by atomic mass is 19.1. The van der Waals surface area contributed by atoms with E-state index in [1.54, 1.807) is 0 Å². The van der Waals surface area contributed by atoms with E-state index in [2.05, 4.69) is 21.9 Å². The van der Waals surface area contributed by atoms with Crippen LogP contribution in [0.5, 0.6) is 0 Å². The first-order chi connectivity index (χ1) is 8.19. The van der Waals surface area contributed by atoms with Gasteiger partial charge >= 0.3 is 0 Å². The van der Waals surface area contributed by atoms with Gasteiger partial charge in [0.05, 0.1) is 5.69 Å². The second-order valence-corrected chi connectivity index (χ2v) is 4.10. The third-order valence-electron chi connectivity index (χ3n) is 2.63. The van der Waals surface area contributed by atoms with Crippen LogP contribution >= 0.6 is 0 Å². The zero-order valence-electron chi connectivity index (χ0n) is 10.5. The molecule has 4 heteroatoms. The van der Waals surface area contributed by atoms with Crippen molar-refractivity contribution in [1.82, 2.24) is 9.97 Å². The number of nitrogens with zero attached hydrogens (tertiary/aromatic N) is 2. The molecule has 0 saturated carbocycles. The lowest BCUT2D eigenvalue weighted by atomic mass is 10.1. The fourth-order valence-electron chi connectivity index (χ4n) is 1.63. The highest BCUT2D eigenvalue weighted by Crippen LogP contribution is 2.15. The minimum absolute atomic E-state index is 0.198. The van der Waals surface area contributed by atoms with Crippen LogP contribution in [0.15, 0.2) is 19.0 Å². The lowest BCUT2D eigenvalue weighted by molar-refractivity contribution is 0.587. The van der Waals surface area contributed by atoms with Crippen molar-refractivity contribution >= 4 is 5.82 Å². The molecule has 1 aromatic heterocycles. The molecule has 0 fully saturated rings. The molecule has 17 heavy (non-hydrogen) atoms. The van der Waals surface area contributed by atoms with Crippen LogP contribution in [0.25, 0.3) is 0 Å². The summed E-state index contributed by atoms with van der Waals surface area (Å²) in [6.07, 6.45) is 6.88. The summed E-state index contributed by atoms with van der Waals surface area (Å²) >= 11 is 0. The molecule has 1 rings (SSSR count). The normalized spacial score (nSPS) is 12.2. The van der Waals surface area contributed by atoms with Gasteiger partial charge in [-0.25, -0.2) is 14.4 Å². The zero-order valence-corrected chi connectivity index (χ0v) is 10.5. The average Bonchev–Trinajstić information content (AvgIpc) is 2.32. The van der Waals surface area contributed by atoms with Crippen LogP contribution in [0, 0.1) is 5.82 Å². The molecule has 1 atom stereocenters. The number of unbranched alkanes of at least 4 members (excludes halogenated alkanes) is 1. The maximum absolute atomic E-state index is 13.8. The first kappa shape index (κ1) is 13.6. The molecule has 1 unspecified atom stereocenters. The van der Waals surface area contributed by atoms with E-state index < -0.39 is 0 Å². The predicted molar refractivity (Wildman–Crippen MR) is 68.5 cm³/mol. The van der Waals surface area contributed by atoms with Gasteiger partial charge in [-0.3, -0.25) is 0 Å². The Morgan fingerprint density at radius 1 is 1.53 bits per heavy atom. The Labute approximate surface area is 102 Å². The van der Waals surface area contributed by atoms with Crippen LogP contribution in [0.2, 0.25) is 0 Å². The van der Waals surface area contributed by atoms with Crippen molar-refractivity contribution in [3.05, 3.63) is 30.5 Å². The van der Waals surface area contributed by atoms with Crippen LogP contribution in [0.4, 0.5) is 10.2 Å². The molecule has 0 spiro atoms. The summed E-state index contributed by atoms with van der Waals surface area (Å²) in [4.78, 5) is 7.84. The van der Waals surface area contributed by atoms with Crippen LogP contribution in [-0.4, -0.2) is 16.0 Å². The first-order valence-electron chi connectivity index (χ1n) is 6.05. The molecule has 1 heterocycles. The molecule has 0 aliphatic heterocycles. The number of anilines is 1. The summed E-state index contributed by atoms with van der Waals surface area (Å²) in [7, 11) is 0. The Morgan fingerprint density at radius 2 is 2.29 bits per heavy atom. The molecule has 94 valence electrons. The van der Waals surface area contributed by atoms with E-state index in [0.29, 0.717) is 17.9 Å². The number of aromatic nitrogens is 2. The van der Waals surface area contributed by atoms with E-state index in [9.17, 15) is 4.39 Å². The van der Waals surface area contributed by atoms with Gasteiger partial charge in [0.2, 0.25) is 0 Å². The number of nitrogens with one attached hydrogen (secondary N) is 1. The van der Waals surface area contributed by atoms with Gasteiger partial charge in [-0.15, -0.1) is 6.58 Å². The third kappa shape index (κ3) is 4.13. The van der Waals surface area contributed by atoms with Gasteiger partial charge in [-0.2, -0.15) is 0 Å². The molecule has 1 aromatic rings. The van der Waals surface area contributed by atoms with E-state index >= 15 is 0 Å². The largest absolute Gasteiger partial charge is 0.365 e. The van der Waals surface area contributed by atoms with Gasteiger partial charge in [0.1, 0.15) is 6.33 Å². The Balaban J connectivity index is 2.58. The highest BCUT2D eigenvalue weighted by molar-refractivity contribution is 5.38. The molecular formula is C13H20FN3. The number of rotatable bonds is 7. The second-order valence-electron chi connectivity index (χ2n) is 4.10. The summed E-state index contributed by atoms with van der Waals surface area (Å²) in [5, 5.41) is 3.08. The lowest BCUT2D eigenvalue weighted by Gasteiger charge is -2.15. The van der Waals surface area contributed by atoms with Crippen LogP contribution < -0.4 is 5.32 Å². The van der Waals surface area contributed by atoms with Crippen molar-refractivity contribution in [2.24, 2.45) is 0 Å². The SMILES string of the molecule is C=CCCCC(C)Nc1ncnc(CC)c1F. The number of halogens is 1. The first-order valence-corrected chi connectivity index (χ1v) is 6.05. The molecule has 0 amide bonds. The Kier molecular flexibility index (Phi) is 5.60. The molecule has 0 aliphatic carbocycles. The third-order valence-corrected chi connectivity index (χ3v) is 2.63. The lowest BCUT2D eigenvalue weighted by Crippen LogP contribution is -2.17. The standard InChI is InChI=1S/C13H20FN3/c1-4-6-7-8-10(3)17-13-12(14)11(5-2)15-9-16-13/h4,9-10H,1,5-8H2,2-3H3,(H,15,16,17). The van der Waals surface area contributed by atoms with E-state index in [1.807, 2.05) is 19.9 Å². The minimum atomic E-state index is -0.328. The van der Waals surface area contributed by atoms with Gasteiger partial charge < -0.3 is 5.32 Å². The summed E-state index contributed by atoms with van der Waals surface area (Å²) in [5.41, 5.74) is 0.459. The molecule has 0 aromatic carbocycles. The summed E-state index contributed by atoms with van der Waals surface area (Å²) in [6, 6.07) is 0.198. The van der Waals surface area contributed by atoms with Crippen molar-refractivity contribution in [3.63, 3.8) is 0 Å². The van der Waals surface area contributed by atoms with E-state index in [0.717, 1.165) is 19.3 Å². The number of aryl methyl sites for hydroxylation is 1. The van der Waals surface area contributed by atoms with E-state index in [1.165, 1.54) is 6.33 Å². The topological polar surface area (TPSA) is 37.8 Å². The van der Waals surface area contributed by atoms with Crippen LogP contribution in [-0.2, 0) is 6.42 Å². The van der Waals surface area contributed by atoms with Crippen molar-refractivity contribution < 1.29 is 4.39 Å². The van der Waals surface area contributed by atoms with Gasteiger partial charge in [0.15, 0.2) is 11.6 Å². The Bertz CT molecular complexity index is 366. The second kappa shape index (κ2) is 6.99. The molecule has 0 saturated heterocycles. The maximum atomic E-state index is 13.8. The minimum Gasteiger partial charge on any atom is -0.365 e.